The number of carbonyl (C=O) groups is 3. The van der Waals surface area contributed by atoms with Crippen molar-refractivity contribution in [2.24, 2.45) is 0 Å². The van der Waals surface area contributed by atoms with Crippen LogP contribution in [-0.2, 0) is 14.4 Å². The van der Waals surface area contributed by atoms with Crippen molar-refractivity contribution in [2.75, 3.05) is 26.2 Å². The average Bonchev–Trinajstić information content (AvgIpc) is 2.79. The Morgan fingerprint density at radius 1 is 0.618 bits per heavy atom. The van der Waals surface area contributed by atoms with Gasteiger partial charge in [-0.2, -0.15) is 0 Å². The molecule has 2 N–H and O–H groups in total. The molecule has 0 aliphatic rings. The van der Waals surface area contributed by atoms with Crippen molar-refractivity contribution in [2.45, 2.75) is 116 Å². The number of quaternary nitrogens is 1. The molecule has 0 amide bonds. The molecular formula is C27H49NO6. The monoisotopic (exact) mass is 483 g/mol. The second kappa shape index (κ2) is 21.6. The van der Waals surface area contributed by atoms with Gasteiger partial charge in [0.05, 0.1) is 39.0 Å². The van der Waals surface area contributed by atoms with E-state index in [0.717, 1.165) is 38.5 Å². The summed E-state index contributed by atoms with van der Waals surface area (Å²) in [6.07, 6.45) is 21.0. The molecule has 0 fully saturated rings. The highest BCUT2D eigenvalue weighted by Gasteiger charge is 2.28. The van der Waals surface area contributed by atoms with Crippen LogP contribution in [0.3, 0.4) is 0 Å². The SMILES string of the molecule is CCCCCCCCC/C=C/CCCCCCC[N+](CCC(=O)[O-])(CCC(=O)O)CCC(=O)O. The topological polar surface area (TPSA) is 115 Å². The second-order valence-electron chi connectivity index (χ2n) is 9.58. The number of rotatable bonds is 25. The second-order valence-corrected chi connectivity index (χ2v) is 9.58. The molecule has 0 heterocycles. The van der Waals surface area contributed by atoms with E-state index in [1.54, 1.807) is 0 Å². The maximum absolute atomic E-state index is 11.1. The predicted octanol–water partition coefficient (Wildman–Crippen LogP) is 4.93. The fourth-order valence-corrected chi connectivity index (χ4v) is 4.36. The van der Waals surface area contributed by atoms with Crippen molar-refractivity contribution < 1.29 is 34.2 Å². The van der Waals surface area contributed by atoms with E-state index in [4.69, 9.17) is 10.2 Å². The molecular weight excluding hydrogens is 434 g/mol. The van der Waals surface area contributed by atoms with Gasteiger partial charge in [-0.1, -0.05) is 70.4 Å². The largest absolute Gasteiger partial charge is 0.550 e. The van der Waals surface area contributed by atoms with Crippen LogP contribution in [0.4, 0.5) is 0 Å². The maximum atomic E-state index is 11.1. The van der Waals surface area contributed by atoms with Crippen LogP contribution in [0.25, 0.3) is 0 Å². The van der Waals surface area contributed by atoms with Crippen LogP contribution in [0.5, 0.6) is 0 Å². The summed E-state index contributed by atoms with van der Waals surface area (Å²) in [5.41, 5.74) is 0. The highest BCUT2D eigenvalue weighted by Crippen LogP contribution is 2.16. The Labute approximate surface area is 206 Å². The summed E-state index contributed by atoms with van der Waals surface area (Å²) in [6, 6.07) is 0. The molecule has 0 aromatic rings. The van der Waals surface area contributed by atoms with Gasteiger partial charge in [0, 0.05) is 12.4 Å². The van der Waals surface area contributed by atoms with Crippen LogP contribution in [0.1, 0.15) is 116 Å². The van der Waals surface area contributed by atoms with Crippen LogP contribution in [0.15, 0.2) is 12.2 Å². The predicted molar refractivity (Wildman–Crippen MR) is 133 cm³/mol. The van der Waals surface area contributed by atoms with Gasteiger partial charge in [-0.3, -0.25) is 9.59 Å². The van der Waals surface area contributed by atoms with Crippen LogP contribution < -0.4 is 5.11 Å². The molecule has 0 aromatic heterocycles. The van der Waals surface area contributed by atoms with Crippen molar-refractivity contribution in [1.82, 2.24) is 0 Å². The van der Waals surface area contributed by atoms with E-state index in [9.17, 15) is 19.5 Å². The highest BCUT2D eigenvalue weighted by atomic mass is 16.4. The summed E-state index contributed by atoms with van der Waals surface area (Å²) in [5, 5.41) is 29.2. The molecule has 0 unspecified atom stereocenters. The van der Waals surface area contributed by atoms with Crippen LogP contribution in [0.2, 0.25) is 0 Å². The van der Waals surface area contributed by atoms with Crippen molar-refractivity contribution >= 4 is 17.9 Å². The molecule has 0 spiro atoms. The van der Waals surface area contributed by atoms with Gasteiger partial charge in [0.1, 0.15) is 0 Å². The molecule has 0 rings (SSSR count). The number of hydrogen-bond donors (Lipinski definition) is 2. The van der Waals surface area contributed by atoms with Gasteiger partial charge in [0.15, 0.2) is 0 Å². The number of nitrogens with zero attached hydrogens (tertiary/aromatic N) is 1. The van der Waals surface area contributed by atoms with Gasteiger partial charge in [-0.05, 0) is 38.5 Å². The van der Waals surface area contributed by atoms with E-state index in [0.29, 0.717) is 6.54 Å². The summed E-state index contributed by atoms with van der Waals surface area (Å²) in [4.78, 5) is 33.2. The minimum atomic E-state index is -1.19. The quantitative estimate of drug-likeness (QED) is 0.108. The van der Waals surface area contributed by atoms with Gasteiger partial charge in [-0.25, -0.2) is 0 Å². The third-order valence-electron chi connectivity index (χ3n) is 6.53. The van der Waals surface area contributed by atoms with Crippen LogP contribution in [-0.4, -0.2) is 58.8 Å². The third-order valence-corrected chi connectivity index (χ3v) is 6.53. The van der Waals surface area contributed by atoms with Gasteiger partial charge in [0.2, 0.25) is 0 Å². The molecule has 0 saturated carbocycles. The Morgan fingerprint density at radius 3 is 1.47 bits per heavy atom. The molecule has 0 bridgehead atoms. The Morgan fingerprint density at radius 2 is 1.03 bits per heavy atom. The summed E-state index contributed by atoms with van der Waals surface area (Å²) < 4.78 is 0.216. The molecule has 7 nitrogen and oxygen atoms in total. The van der Waals surface area contributed by atoms with Crippen LogP contribution >= 0.6 is 0 Å². The fraction of sp³-hybridized carbons (Fsp3) is 0.815. The molecule has 0 aliphatic heterocycles. The Bertz CT molecular complexity index is 530. The first-order valence-corrected chi connectivity index (χ1v) is 13.4. The Hall–Kier alpha value is -1.89. The molecule has 7 heteroatoms. The van der Waals surface area contributed by atoms with Crippen molar-refractivity contribution in [3.63, 3.8) is 0 Å². The lowest BCUT2D eigenvalue weighted by molar-refractivity contribution is -0.927. The number of carboxylic acid groups (broad SMARTS) is 3. The smallest absolute Gasteiger partial charge is 0.309 e. The van der Waals surface area contributed by atoms with Crippen molar-refractivity contribution in [3.05, 3.63) is 12.2 Å². The Balaban J connectivity index is 4.14. The zero-order valence-electron chi connectivity index (χ0n) is 21.5. The van der Waals surface area contributed by atoms with Gasteiger partial charge >= 0.3 is 11.9 Å². The molecule has 0 aliphatic carbocycles. The highest BCUT2D eigenvalue weighted by molar-refractivity contribution is 5.67. The standard InChI is InChI=1S/C27H49NO6/c1-2-3-4-5-6-7-8-9-10-11-12-13-14-15-16-17-21-28(22-18-25(29)30,23-19-26(31)32)24-20-27(33)34/h10-11H,2-9,12-24H2,1H3,(H2-,29,30,31,32,33,34)/b11-10+. The number of carbonyl (C=O) groups excluding carboxylic acids is 1. The lowest BCUT2D eigenvalue weighted by Crippen LogP contribution is -2.53. The number of carboxylic acids is 3. The van der Waals surface area contributed by atoms with Gasteiger partial charge in [-0.15, -0.1) is 0 Å². The summed E-state index contributed by atoms with van der Waals surface area (Å²) in [7, 11) is 0. The summed E-state index contributed by atoms with van der Waals surface area (Å²) in [5.74, 6) is -3.09. The normalized spacial score (nSPS) is 11.8. The molecule has 198 valence electrons. The number of aliphatic carboxylic acids is 3. The molecule has 0 aromatic carbocycles. The van der Waals surface area contributed by atoms with Gasteiger partial charge < -0.3 is 24.6 Å². The fourth-order valence-electron chi connectivity index (χ4n) is 4.36. The molecule has 0 saturated heterocycles. The average molecular weight is 484 g/mol. The van der Waals surface area contributed by atoms with E-state index < -0.39 is 17.9 Å². The van der Waals surface area contributed by atoms with E-state index in [1.807, 2.05) is 0 Å². The lowest BCUT2D eigenvalue weighted by atomic mass is 10.1. The number of unbranched alkanes of at least 4 members (excludes halogenated alkanes) is 12. The summed E-state index contributed by atoms with van der Waals surface area (Å²) in [6.45, 7) is 3.56. The number of allylic oxidation sites excluding steroid dienone is 2. The van der Waals surface area contributed by atoms with Gasteiger partial charge in [0.25, 0.3) is 0 Å². The molecule has 34 heavy (non-hydrogen) atoms. The zero-order chi connectivity index (χ0) is 25.5. The Kier molecular flexibility index (Phi) is 20.4. The zero-order valence-corrected chi connectivity index (χ0v) is 21.5. The minimum absolute atomic E-state index is 0.0993. The number of hydrogen-bond acceptors (Lipinski definition) is 4. The van der Waals surface area contributed by atoms with Crippen molar-refractivity contribution in [3.8, 4) is 0 Å². The maximum Gasteiger partial charge on any atom is 0.309 e. The van der Waals surface area contributed by atoms with E-state index in [1.165, 1.54) is 51.4 Å². The molecule has 0 radical (unpaired) electrons. The van der Waals surface area contributed by atoms with Crippen molar-refractivity contribution in [1.29, 1.82) is 0 Å². The molecule has 0 atom stereocenters. The first-order chi connectivity index (χ1) is 16.3. The van der Waals surface area contributed by atoms with E-state index in [2.05, 4.69) is 19.1 Å². The van der Waals surface area contributed by atoms with E-state index >= 15 is 0 Å². The first kappa shape index (κ1) is 32.1. The van der Waals surface area contributed by atoms with Crippen LogP contribution in [0, 0.1) is 0 Å². The minimum Gasteiger partial charge on any atom is -0.550 e. The lowest BCUT2D eigenvalue weighted by Gasteiger charge is -2.38. The first-order valence-electron chi connectivity index (χ1n) is 13.4. The van der Waals surface area contributed by atoms with E-state index in [-0.39, 0.29) is 43.4 Å². The third kappa shape index (κ3) is 20.7. The summed E-state index contributed by atoms with van der Waals surface area (Å²) >= 11 is 0.